The Morgan fingerprint density at radius 1 is 1.50 bits per heavy atom. The average Bonchev–Trinajstić information content (AvgIpc) is 2.95. The van der Waals surface area contributed by atoms with Gasteiger partial charge in [-0.1, -0.05) is 20.3 Å². The number of aliphatic hydroxyl groups excluding tert-OH is 1. The fourth-order valence-electron chi connectivity index (χ4n) is 2.55. The van der Waals surface area contributed by atoms with Gasteiger partial charge in [-0.3, -0.25) is 0 Å². The molecule has 114 valence electrons. The Labute approximate surface area is 120 Å². The highest BCUT2D eigenvalue weighted by molar-refractivity contribution is 7.89. The predicted octanol–water partition coefficient (Wildman–Crippen LogP) is 0.978. The Kier molecular flexibility index (Phi) is 4.82. The Bertz CT molecular complexity index is 539. The maximum atomic E-state index is 12.1. The third-order valence-electron chi connectivity index (χ3n) is 3.62. The van der Waals surface area contributed by atoms with E-state index in [0.29, 0.717) is 5.92 Å². The first kappa shape index (κ1) is 15.5. The molecule has 1 heterocycles. The van der Waals surface area contributed by atoms with Crippen LogP contribution in [0.15, 0.2) is 17.6 Å². The van der Waals surface area contributed by atoms with Crippen LogP contribution in [0.1, 0.15) is 33.1 Å². The number of aromatic nitrogens is 2. The molecular weight excluding hydrogens is 278 g/mol. The zero-order valence-electron chi connectivity index (χ0n) is 12.0. The molecule has 1 aromatic heterocycles. The number of hydrogen-bond acceptors (Lipinski definition) is 4. The summed E-state index contributed by atoms with van der Waals surface area (Å²) in [5.41, 5.74) is 0. The summed E-state index contributed by atoms with van der Waals surface area (Å²) >= 11 is 0. The summed E-state index contributed by atoms with van der Waals surface area (Å²) in [7, 11) is -3.58. The summed E-state index contributed by atoms with van der Waals surface area (Å²) < 4.78 is 28.6. The van der Waals surface area contributed by atoms with Gasteiger partial charge in [0, 0.05) is 19.3 Å². The van der Waals surface area contributed by atoms with Crippen molar-refractivity contribution in [3.63, 3.8) is 0 Å². The molecule has 0 unspecified atom stereocenters. The minimum absolute atomic E-state index is 0.0162. The van der Waals surface area contributed by atoms with E-state index in [-0.39, 0.29) is 17.5 Å². The molecule has 6 nitrogen and oxygen atoms in total. The number of sulfonamides is 1. The van der Waals surface area contributed by atoms with Gasteiger partial charge in [0.15, 0.2) is 5.03 Å². The first-order chi connectivity index (χ1) is 9.38. The third kappa shape index (κ3) is 3.80. The van der Waals surface area contributed by atoms with Gasteiger partial charge >= 0.3 is 0 Å². The Balaban J connectivity index is 1.97. The smallest absolute Gasteiger partial charge is 0.259 e. The molecule has 0 aliphatic heterocycles. The number of nitrogens with zero attached hydrogens (tertiary/aromatic N) is 2. The summed E-state index contributed by atoms with van der Waals surface area (Å²) in [6.07, 6.45) is 5.28. The van der Waals surface area contributed by atoms with Crippen LogP contribution in [0, 0.1) is 11.8 Å². The van der Waals surface area contributed by atoms with E-state index in [9.17, 15) is 13.5 Å². The highest BCUT2D eigenvalue weighted by Crippen LogP contribution is 2.25. The van der Waals surface area contributed by atoms with Crippen molar-refractivity contribution in [2.45, 2.75) is 50.8 Å². The molecule has 1 aliphatic carbocycles. The standard InChI is InChI=1S/C13H23N3O3S/c1-10(2)7-16-8-13(14-9-16)20(18,19)15-6-11-4-3-5-12(11)17/h8-12,15,17H,3-7H2,1-2H3/t11-,12-/m1/s1. The van der Waals surface area contributed by atoms with Gasteiger partial charge in [0.05, 0.1) is 12.4 Å². The quantitative estimate of drug-likeness (QED) is 0.820. The van der Waals surface area contributed by atoms with E-state index in [0.717, 1.165) is 25.8 Å². The normalized spacial score (nSPS) is 23.6. The first-order valence-electron chi connectivity index (χ1n) is 7.08. The van der Waals surface area contributed by atoms with Crippen molar-refractivity contribution in [3.8, 4) is 0 Å². The maximum absolute atomic E-state index is 12.1. The van der Waals surface area contributed by atoms with E-state index < -0.39 is 16.1 Å². The molecule has 0 bridgehead atoms. The van der Waals surface area contributed by atoms with Crippen molar-refractivity contribution in [1.29, 1.82) is 0 Å². The lowest BCUT2D eigenvalue weighted by molar-refractivity contribution is 0.134. The Morgan fingerprint density at radius 3 is 2.85 bits per heavy atom. The zero-order chi connectivity index (χ0) is 14.8. The summed E-state index contributed by atoms with van der Waals surface area (Å²) in [5.74, 6) is 0.448. The summed E-state index contributed by atoms with van der Waals surface area (Å²) in [6, 6.07) is 0. The molecule has 0 amide bonds. The van der Waals surface area contributed by atoms with Gasteiger partial charge in [-0.25, -0.2) is 18.1 Å². The second-order valence-corrected chi connectivity index (χ2v) is 7.63. The summed E-state index contributed by atoms with van der Waals surface area (Å²) in [4.78, 5) is 3.96. The minimum Gasteiger partial charge on any atom is -0.393 e. The van der Waals surface area contributed by atoms with Crippen molar-refractivity contribution in [1.82, 2.24) is 14.3 Å². The highest BCUT2D eigenvalue weighted by atomic mass is 32.2. The van der Waals surface area contributed by atoms with Crippen LogP contribution in [-0.4, -0.2) is 35.7 Å². The molecule has 20 heavy (non-hydrogen) atoms. The SMILES string of the molecule is CC(C)Cn1cnc(S(=O)(=O)NC[C@H]2CCC[C@H]2O)c1. The lowest BCUT2D eigenvalue weighted by Crippen LogP contribution is -2.32. The van der Waals surface area contributed by atoms with E-state index in [1.165, 1.54) is 0 Å². The van der Waals surface area contributed by atoms with E-state index in [1.54, 1.807) is 17.1 Å². The molecule has 2 atom stereocenters. The molecule has 2 rings (SSSR count). The molecule has 0 aromatic carbocycles. The monoisotopic (exact) mass is 301 g/mol. The molecule has 1 saturated carbocycles. The molecular formula is C13H23N3O3S. The fraction of sp³-hybridized carbons (Fsp3) is 0.769. The van der Waals surface area contributed by atoms with E-state index in [4.69, 9.17) is 0 Å². The van der Waals surface area contributed by atoms with Gasteiger partial charge in [-0.15, -0.1) is 0 Å². The van der Waals surface area contributed by atoms with Crippen LogP contribution in [0.25, 0.3) is 0 Å². The van der Waals surface area contributed by atoms with Crippen LogP contribution >= 0.6 is 0 Å². The van der Waals surface area contributed by atoms with Crippen LogP contribution in [0.4, 0.5) is 0 Å². The van der Waals surface area contributed by atoms with Gasteiger partial charge in [-0.05, 0) is 24.7 Å². The van der Waals surface area contributed by atoms with Gasteiger partial charge in [0.25, 0.3) is 10.0 Å². The molecule has 2 N–H and O–H groups in total. The van der Waals surface area contributed by atoms with Crippen LogP contribution in [0.2, 0.25) is 0 Å². The maximum Gasteiger partial charge on any atom is 0.259 e. The fourth-order valence-corrected chi connectivity index (χ4v) is 3.59. The molecule has 0 saturated heterocycles. The highest BCUT2D eigenvalue weighted by Gasteiger charge is 2.27. The van der Waals surface area contributed by atoms with E-state index in [1.807, 2.05) is 0 Å². The second kappa shape index (κ2) is 6.24. The van der Waals surface area contributed by atoms with Gasteiger partial charge < -0.3 is 9.67 Å². The lowest BCUT2D eigenvalue weighted by atomic mass is 10.1. The first-order valence-corrected chi connectivity index (χ1v) is 8.56. The van der Waals surface area contributed by atoms with E-state index in [2.05, 4.69) is 23.6 Å². The molecule has 1 fully saturated rings. The van der Waals surface area contributed by atoms with Crippen molar-refractivity contribution < 1.29 is 13.5 Å². The molecule has 0 spiro atoms. The number of hydrogen-bond donors (Lipinski definition) is 2. The number of rotatable bonds is 6. The van der Waals surface area contributed by atoms with Crippen LogP contribution < -0.4 is 4.72 Å². The Hall–Kier alpha value is -0.920. The van der Waals surface area contributed by atoms with Gasteiger partial charge in [0.1, 0.15) is 0 Å². The largest absolute Gasteiger partial charge is 0.393 e. The lowest BCUT2D eigenvalue weighted by Gasteiger charge is -2.14. The van der Waals surface area contributed by atoms with Crippen molar-refractivity contribution in [2.24, 2.45) is 11.8 Å². The molecule has 7 heteroatoms. The van der Waals surface area contributed by atoms with Crippen molar-refractivity contribution in [2.75, 3.05) is 6.54 Å². The molecule has 1 aromatic rings. The Morgan fingerprint density at radius 2 is 2.25 bits per heavy atom. The van der Waals surface area contributed by atoms with Gasteiger partial charge in [0.2, 0.25) is 0 Å². The number of imidazole rings is 1. The number of aliphatic hydroxyl groups is 1. The second-order valence-electron chi connectivity index (χ2n) is 5.91. The summed E-state index contributed by atoms with van der Waals surface area (Å²) in [5, 5.41) is 9.75. The van der Waals surface area contributed by atoms with Crippen LogP contribution in [0.5, 0.6) is 0 Å². The van der Waals surface area contributed by atoms with Crippen LogP contribution in [0.3, 0.4) is 0 Å². The third-order valence-corrected chi connectivity index (χ3v) is 4.92. The van der Waals surface area contributed by atoms with Crippen LogP contribution in [-0.2, 0) is 16.6 Å². The van der Waals surface area contributed by atoms with Crippen molar-refractivity contribution in [3.05, 3.63) is 12.5 Å². The average molecular weight is 301 g/mol. The van der Waals surface area contributed by atoms with E-state index >= 15 is 0 Å². The summed E-state index contributed by atoms with van der Waals surface area (Å²) in [6.45, 7) is 5.15. The number of nitrogens with one attached hydrogen (secondary N) is 1. The molecule has 1 aliphatic rings. The topological polar surface area (TPSA) is 84.2 Å². The molecule has 0 radical (unpaired) electrons. The predicted molar refractivity (Wildman–Crippen MR) is 75.6 cm³/mol. The van der Waals surface area contributed by atoms with Gasteiger partial charge in [-0.2, -0.15) is 0 Å². The van der Waals surface area contributed by atoms with Crippen molar-refractivity contribution >= 4 is 10.0 Å². The zero-order valence-corrected chi connectivity index (χ0v) is 12.8. The minimum atomic E-state index is -3.58.